The monoisotopic (exact) mass is 226 g/mol. The van der Waals surface area contributed by atoms with Crippen LogP contribution in [0.5, 0.6) is 0 Å². The fourth-order valence-corrected chi connectivity index (χ4v) is 1.98. The Bertz CT molecular complexity index is 336. The Morgan fingerprint density at radius 3 is 2.93 bits per heavy atom. The van der Waals surface area contributed by atoms with Gasteiger partial charge in [0.15, 0.2) is 0 Å². The van der Waals surface area contributed by atoms with Crippen LogP contribution in [0, 0.1) is 6.92 Å². The molecule has 2 amide bonds. The summed E-state index contributed by atoms with van der Waals surface area (Å²) in [6.07, 6.45) is 1.40. The molecular weight excluding hydrogens is 212 g/mol. The third kappa shape index (κ3) is 3.71. The normalized spacial score (nSPS) is 9.67. The number of hydrogen-bond donors (Lipinski definition) is 2. The van der Waals surface area contributed by atoms with Crippen LogP contribution in [0.1, 0.15) is 21.7 Å². The van der Waals surface area contributed by atoms with Gasteiger partial charge in [-0.1, -0.05) is 0 Å². The second-order valence-corrected chi connectivity index (χ2v) is 4.03. The predicted octanol–water partition coefficient (Wildman–Crippen LogP) is 0.922. The Morgan fingerprint density at radius 2 is 2.33 bits per heavy atom. The molecule has 0 radical (unpaired) electrons. The van der Waals surface area contributed by atoms with Crippen molar-refractivity contribution in [2.24, 2.45) is 0 Å². The van der Waals surface area contributed by atoms with Gasteiger partial charge in [-0.3, -0.25) is 9.59 Å². The first-order valence-corrected chi connectivity index (χ1v) is 5.63. The molecule has 0 fully saturated rings. The fraction of sp³-hybridized carbons (Fsp3) is 0.400. The van der Waals surface area contributed by atoms with Gasteiger partial charge in [-0.2, -0.15) is 0 Å². The maximum atomic E-state index is 11.6. The summed E-state index contributed by atoms with van der Waals surface area (Å²) in [6, 6.07) is 1.92. The summed E-state index contributed by atoms with van der Waals surface area (Å²) in [6.45, 7) is 3.09. The average Bonchev–Trinajstić information content (AvgIpc) is 2.64. The Hall–Kier alpha value is -1.36. The van der Waals surface area contributed by atoms with Crippen LogP contribution in [0.3, 0.4) is 0 Å². The molecule has 1 aromatic rings. The maximum absolute atomic E-state index is 11.6. The molecule has 0 aliphatic carbocycles. The summed E-state index contributed by atoms with van der Waals surface area (Å²) >= 11 is 1.44. The summed E-state index contributed by atoms with van der Waals surface area (Å²) in [4.78, 5) is 22.3. The third-order valence-electron chi connectivity index (χ3n) is 1.94. The van der Waals surface area contributed by atoms with E-state index >= 15 is 0 Å². The SMILES string of the molecule is Cc1ccsc1C(=O)NCCCNC=O. The molecule has 2 N–H and O–H groups in total. The Kier molecular flexibility index (Phi) is 4.83. The zero-order valence-electron chi connectivity index (χ0n) is 8.58. The molecule has 0 saturated heterocycles. The van der Waals surface area contributed by atoms with E-state index in [2.05, 4.69) is 10.6 Å². The summed E-state index contributed by atoms with van der Waals surface area (Å²) < 4.78 is 0. The molecule has 4 nitrogen and oxygen atoms in total. The smallest absolute Gasteiger partial charge is 0.261 e. The van der Waals surface area contributed by atoms with Crippen molar-refractivity contribution in [3.8, 4) is 0 Å². The van der Waals surface area contributed by atoms with Crippen LogP contribution in [0.25, 0.3) is 0 Å². The molecule has 1 rings (SSSR count). The third-order valence-corrected chi connectivity index (χ3v) is 2.95. The van der Waals surface area contributed by atoms with E-state index in [4.69, 9.17) is 0 Å². The van der Waals surface area contributed by atoms with E-state index in [1.54, 1.807) is 0 Å². The molecule has 0 aliphatic heterocycles. The van der Waals surface area contributed by atoms with Gasteiger partial charge in [-0.25, -0.2) is 0 Å². The van der Waals surface area contributed by atoms with Crippen molar-refractivity contribution in [2.75, 3.05) is 13.1 Å². The Morgan fingerprint density at radius 1 is 1.53 bits per heavy atom. The summed E-state index contributed by atoms with van der Waals surface area (Å²) in [7, 11) is 0. The number of hydrogen-bond acceptors (Lipinski definition) is 3. The average molecular weight is 226 g/mol. The highest BCUT2D eigenvalue weighted by atomic mass is 32.1. The number of nitrogens with one attached hydrogen (secondary N) is 2. The van der Waals surface area contributed by atoms with Crippen molar-refractivity contribution in [1.29, 1.82) is 0 Å². The number of thiophene rings is 1. The van der Waals surface area contributed by atoms with Gasteiger partial charge in [0.2, 0.25) is 6.41 Å². The van der Waals surface area contributed by atoms with E-state index in [0.717, 1.165) is 16.9 Å². The lowest BCUT2D eigenvalue weighted by molar-refractivity contribution is -0.109. The van der Waals surface area contributed by atoms with Crippen LogP contribution < -0.4 is 10.6 Å². The van der Waals surface area contributed by atoms with Crippen molar-refractivity contribution in [3.63, 3.8) is 0 Å². The molecule has 0 atom stereocenters. The Labute approximate surface area is 92.7 Å². The van der Waals surface area contributed by atoms with E-state index in [0.29, 0.717) is 19.5 Å². The molecule has 0 aliphatic rings. The van der Waals surface area contributed by atoms with E-state index in [9.17, 15) is 9.59 Å². The lowest BCUT2D eigenvalue weighted by Crippen LogP contribution is -2.26. The van der Waals surface area contributed by atoms with Gasteiger partial charge >= 0.3 is 0 Å². The van der Waals surface area contributed by atoms with Crippen LogP contribution in [0.15, 0.2) is 11.4 Å². The fourth-order valence-electron chi connectivity index (χ4n) is 1.14. The van der Waals surface area contributed by atoms with Crippen molar-refractivity contribution < 1.29 is 9.59 Å². The molecule has 82 valence electrons. The van der Waals surface area contributed by atoms with E-state index in [1.807, 2.05) is 18.4 Å². The first kappa shape index (κ1) is 11.7. The second-order valence-electron chi connectivity index (χ2n) is 3.11. The van der Waals surface area contributed by atoms with Gasteiger partial charge < -0.3 is 10.6 Å². The number of amides is 2. The van der Waals surface area contributed by atoms with Crippen LogP contribution in [0.4, 0.5) is 0 Å². The van der Waals surface area contributed by atoms with Gasteiger partial charge in [0.05, 0.1) is 4.88 Å². The molecule has 5 heteroatoms. The molecule has 15 heavy (non-hydrogen) atoms. The number of carbonyl (C=O) groups is 2. The van der Waals surface area contributed by atoms with Crippen LogP contribution >= 0.6 is 11.3 Å². The topological polar surface area (TPSA) is 58.2 Å². The van der Waals surface area contributed by atoms with Crippen molar-refractivity contribution >= 4 is 23.7 Å². The summed E-state index contributed by atoms with van der Waals surface area (Å²) in [5.74, 6) is -0.0337. The predicted molar refractivity (Wildman–Crippen MR) is 60.1 cm³/mol. The van der Waals surface area contributed by atoms with Gasteiger partial charge in [0, 0.05) is 13.1 Å². The zero-order valence-corrected chi connectivity index (χ0v) is 9.39. The van der Waals surface area contributed by atoms with Crippen molar-refractivity contribution in [2.45, 2.75) is 13.3 Å². The number of rotatable bonds is 6. The van der Waals surface area contributed by atoms with E-state index < -0.39 is 0 Å². The summed E-state index contributed by atoms with van der Waals surface area (Å²) in [5.41, 5.74) is 1.00. The lowest BCUT2D eigenvalue weighted by Gasteiger charge is -2.03. The molecular formula is C10H14N2O2S. The highest BCUT2D eigenvalue weighted by Crippen LogP contribution is 2.14. The molecule has 0 unspecified atom stereocenters. The Balaban J connectivity index is 2.25. The number of aryl methyl sites for hydroxylation is 1. The minimum absolute atomic E-state index is 0.0337. The van der Waals surface area contributed by atoms with Crippen molar-refractivity contribution in [3.05, 3.63) is 21.9 Å². The molecule has 0 bridgehead atoms. The molecule has 1 heterocycles. The van der Waals surface area contributed by atoms with Crippen LogP contribution in [-0.2, 0) is 4.79 Å². The highest BCUT2D eigenvalue weighted by Gasteiger charge is 2.08. The zero-order chi connectivity index (χ0) is 11.1. The second kappa shape index (κ2) is 6.19. The first-order valence-electron chi connectivity index (χ1n) is 4.75. The maximum Gasteiger partial charge on any atom is 0.261 e. The molecule has 0 aromatic carbocycles. The minimum atomic E-state index is -0.0337. The van der Waals surface area contributed by atoms with E-state index in [1.165, 1.54) is 11.3 Å². The molecule has 0 spiro atoms. The summed E-state index contributed by atoms with van der Waals surface area (Å²) in [5, 5.41) is 7.24. The molecule has 1 aromatic heterocycles. The minimum Gasteiger partial charge on any atom is -0.359 e. The van der Waals surface area contributed by atoms with Crippen LogP contribution in [0.2, 0.25) is 0 Å². The van der Waals surface area contributed by atoms with Crippen molar-refractivity contribution in [1.82, 2.24) is 10.6 Å². The first-order chi connectivity index (χ1) is 7.25. The van der Waals surface area contributed by atoms with Gasteiger partial charge in [-0.05, 0) is 30.4 Å². The number of carbonyl (C=O) groups excluding carboxylic acids is 2. The standard InChI is InChI=1S/C10H14N2O2S/c1-8-3-6-15-9(8)10(14)12-5-2-4-11-7-13/h3,6-7H,2,4-5H2,1H3,(H,11,13)(H,12,14). The van der Waals surface area contributed by atoms with Gasteiger partial charge in [-0.15, -0.1) is 11.3 Å². The highest BCUT2D eigenvalue weighted by molar-refractivity contribution is 7.12. The van der Waals surface area contributed by atoms with Gasteiger partial charge in [0.1, 0.15) is 0 Å². The van der Waals surface area contributed by atoms with Crippen LogP contribution in [-0.4, -0.2) is 25.4 Å². The lowest BCUT2D eigenvalue weighted by atomic mass is 10.3. The van der Waals surface area contributed by atoms with Gasteiger partial charge in [0.25, 0.3) is 5.91 Å². The quantitative estimate of drug-likeness (QED) is 0.560. The molecule has 0 saturated carbocycles. The largest absolute Gasteiger partial charge is 0.359 e. The van der Waals surface area contributed by atoms with E-state index in [-0.39, 0.29) is 5.91 Å².